The van der Waals surface area contributed by atoms with Gasteiger partial charge in [0, 0.05) is 34.5 Å². The molecule has 0 radical (unpaired) electrons. The molecule has 0 aromatic heterocycles. The molecule has 2 N–H and O–H groups in total. The van der Waals surface area contributed by atoms with Gasteiger partial charge in [-0.3, -0.25) is 10.1 Å². The first-order valence-corrected chi connectivity index (χ1v) is 7.46. The minimum absolute atomic E-state index is 0.0404. The first-order chi connectivity index (χ1) is 8.99. The Labute approximate surface area is 121 Å². The van der Waals surface area contributed by atoms with Gasteiger partial charge in [-0.05, 0) is 25.3 Å². The zero-order valence-electron chi connectivity index (χ0n) is 10.8. The van der Waals surface area contributed by atoms with Crippen LogP contribution in [0.5, 0.6) is 0 Å². The van der Waals surface area contributed by atoms with Crippen molar-refractivity contribution in [3.63, 3.8) is 0 Å². The first kappa shape index (κ1) is 16.2. The van der Waals surface area contributed by atoms with E-state index >= 15 is 0 Å². The highest BCUT2D eigenvalue weighted by Gasteiger charge is 2.18. The van der Waals surface area contributed by atoms with Crippen molar-refractivity contribution in [3.8, 4) is 0 Å². The molecule has 0 aliphatic heterocycles. The molecule has 0 saturated heterocycles. The Morgan fingerprint density at radius 2 is 2.26 bits per heavy atom. The fraction of sp³-hybridized carbons (Fsp3) is 0.500. The van der Waals surface area contributed by atoms with Gasteiger partial charge >= 0.3 is 0 Å². The molecule has 106 valence electrons. The van der Waals surface area contributed by atoms with Crippen molar-refractivity contribution in [2.24, 2.45) is 0 Å². The molecule has 5 nitrogen and oxygen atoms in total. The zero-order valence-corrected chi connectivity index (χ0v) is 12.4. The van der Waals surface area contributed by atoms with Crippen LogP contribution in [0, 0.1) is 10.1 Å². The molecule has 2 unspecified atom stereocenters. The van der Waals surface area contributed by atoms with Crippen LogP contribution < -0.4 is 5.32 Å². The summed E-state index contributed by atoms with van der Waals surface area (Å²) in [6.45, 7) is 2.34. The predicted molar refractivity (Wildman–Crippen MR) is 78.8 cm³/mol. The summed E-state index contributed by atoms with van der Waals surface area (Å²) in [4.78, 5) is 10.5. The van der Waals surface area contributed by atoms with E-state index in [1.54, 1.807) is 17.8 Å². The summed E-state index contributed by atoms with van der Waals surface area (Å²) in [6, 6.07) is 4.54. The number of nitrogens with one attached hydrogen (secondary N) is 1. The van der Waals surface area contributed by atoms with Crippen molar-refractivity contribution >= 4 is 29.1 Å². The fourth-order valence-corrected chi connectivity index (χ4v) is 2.56. The van der Waals surface area contributed by atoms with Crippen molar-refractivity contribution in [2.75, 3.05) is 12.9 Å². The molecule has 0 amide bonds. The molecule has 0 aliphatic rings. The van der Waals surface area contributed by atoms with Gasteiger partial charge in [0.25, 0.3) is 5.69 Å². The number of rotatable bonds is 7. The summed E-state index contributed by atoms with van der Waals surface area (Å²) in [5.41, 5.74) is 0.593. The number of nitro benzene ring substituents is 1. The van der Waals surface area contributed by atoms with E-state index in [9.17, 15) is 15.2 Å². The molecule has 0 spiro atoms. The van der Waals surface area contributed by atoms with E-state index in [2.05, 4.69) is 5.32 Å². The molecule has 0 saturated carbocycles. The molecule has 0 aliphatic carbocycles. The summed E-state index contributed by atoms with van der Waals surface area (Å²) < 4.78 is 0. The van der Waals surface area contributed by atoms with E-state index in [1.165, 1.54) is 12.1 Å². The molecule has 7 heteroatoms. The monoisotopic (exact) mass is 304 g/mol. The predicted octanol–water partition coefficient (Wildman–Crippen LogP) is 2.45. The topological polar surface area (TPSA) is 75.4 Å². The van der Waals surface area contributed by atoms with E-state index in [1.807, 2.05) is 13.2 Å². The number of benzene rings is 1. The van der Waals surface area contributed by atoms with Gasteiger partial charge in [-0.1, -0.05) is 11.6 Å². The standard InChI is InChI=1S/C12H17ClN2O3S/c1-8(12(7-16)19-2)14-6-9-5-10(13)3-4-11(9)15(17)18/h3-5,8,12,14,16H,6-7H2,1-2H3. The number of hydrogen-bond acceptors (Lipinski definition) is 5. The fourth-order valence-electron chi connectivity index (χ4n) is 1.71. The molecular formula is C12H17ClN2O3S. The molecule has 1 aromatic rings. The Balaban J connectivity index is 2.76. The maximum absolute atomic E-state index is 10.9. The van der Waals surface area contributed by atoms with Crippen LogP contribution in [0.4, 0.5) is 5.69 Å². The van der Waals surface area contributed by atoms with Crippen LogP contribution in [0.25, 0.3) is 0 Å². The SMILES string of the molecule is CSC(CO)C(C)NCc1cc(Cl)ccc1[N+](=O)[O-]. The molecule has 1 rings (SSSR count). The van der Waals surface area contributed by atoms with Gasteiger partial charge in [-0.2, -0.15) is 11.8 Å². The number of nitrogens with zero attached hydrogens (tertiary/aromatic N) is 1. The lowest BCUT2D eigenvalue weighted by Gasteiger charge is -2.21. The van der Waals surface area contributed by atoms with Crippen LogP contribution in [0.1, 0.15) is 12.5 Å². The second-order valence-electron chi connectivity index (χ2n) is 4.16. The Hall–Kier alpha value is -0.820. The van der Waals surface area contributed by atoms with E-state index in [4.69, 9.17) is 11.6 Å². The van der Waals surface area contributed by atoms with Crippen molar-refractivity contribution < 1.29 is 10.0 Å². The Kier molecular flexibility index (Phi) is 6.57. The Bertz CT molecular complexity index is 441. The second-order valence-corrected chi connectivity index (χ2v) is 5.67. The van der Waals surface area contributed by atoms with E-state index < -0.39 is 4.92 Å². The minimum Gasteiger partial charge on any atom is -0.395 e. The molecule has 2 atom stereocenters. The average Bonchev–Trinajstić information content (AvgIpc) is 2.37. The summed E-state index contributed by atoms with van der Waals surface area (Å²) in [7, 11) is 0. The minimum atomic E-state index is -0.421. The van der Waals surface area contributed by atoms with Crippen molar-refractivity contribution in [2.45, 2.75) is 24.8 Å². The van der Waals surface area contributed by atoms with Crippen LogP contribution in [0.3, 0.4) is 0 Å². The van der Waals surface area contributed by atoms with Gasteiger partial charge in [0.05, 0.1) is 11.5 Å². The van der Waals surface area contributed by atoms with Crippen LogP contribution >= 0.6 is 23.4 Å². The Morgan fingerprint density at radius 1 is 1.58 bits per heavy atom. The third-order valence-corrected chi connectivity index (χ3v) is 4.29. The number of halogens is 1. The summed E-state index contributed by atoms with van der Waals surface area (Å²) in [6.07, 6.45) is 1.92. The smallest absolute Gasteiger partial charge is 0.273 e. The maximum atomic E-state index is 10.9. The number of aliphatic hydroxyl groups is 1. The van der Waals surface area contributed by atoms with Gasteiger partial charge in [0.15, 0.2) is 0 Å². The Morgan fingerprint density at radius 3 is 2.79 bits per heavy atom. The molecule has 19 heavy (non-hydrogen) atoms. The summed E-state index contributed by atoms with van der Waals surface area (Å²) in [5.74, 6) is 0. The second kappa shape index (κ2) is 7.69. The lowest BCUT2D eigenvalue weighted by Crippen LogP contribution is -2.37. The van der Waals surface area contributed by atoms with Crippen LogP contribution in [0.15, 0.2) is 18.2 Å². The highest BCUT2D eigenvalue weighted by atomic mass is 35.5. The molecule has 0 bridgehead atoms. The zero-order chi connectivity index (χ0) is 14.4. The number of aliphatic hydroxyl groups excluding tert-OH is 1. The lowest BCUT2D eigenvalue weighted by molar-refractivity contribution is -0.385. The summed E-state index contributed by atoms with van der Waals surface area (Å²) >= 11 is 7.41. The highest BCUT2D eigenvalue weighted by Crippen LogP contribution is 2.23. The average molecular weight is 305 g/mol. The molecular weight excluding hydrogens is 288 g/mol. The van der Waals surface area contributed by atoms with Crippen molar-refractivity contribution in [1.82, 2.24) is 5.32 Å². The van der Waals surface area contributed by atoms with Gasteiger partial charge in [-0.25, -0.2) is 0 Å². The normalized spacial score (nSPS) is 14.1. The number of thioether (sulfide) groups is 1. The third-order valence-electron chi connectivity index (χ3n) is 2.89. The van der Waals surface area contributed by atoms with Gasteiger partial charge < -0.3 is 10.4 Å². The van der Waals surface area contributed by atoms with Gasteiger partial charge in [0.2, 0.25) is 0 Å². The van der Waals surface area contributed by atoms with Crippen molar-refractivity contribution in [3.05, 3.63) is 38.9 Å². The van der Waals surface area contributed by atoms with Gasteiger partial charge in [-0.15, -0.1) is 0 Å². The van der Waals surface area contributed by atoms with Gasteiger partial charge in [0.1, 0.15) is 0 Å². The van der Waals surface area contributed by atoms with Crippen LogP contribution in [0.2, 0.25) is 5.02 Å². The van der Waals surface area contributed by atoms with E-state index in [-0.39, 0.29) is 23.6 Å². The van der Waals surface area contributed by atoms with E-state index in [0.29, 0.717) is 17.1 Å². The van der Waals surface area contributed by atoms with E-state index in [0.717, 1.165) is 0 Å². The molecule has 1 aromatic carbocycles. The molecule has 0 heterocycles. The van der Waals surface area contributed by atoms with Crippen LogP contribution in [-0.4, -0.2) is 34.2 Å². The highest BCUT2D eigenvalue weighted by molar-refractivity contribution is 7.99. The lowest BCUT2D eigenvalue weighted by atomic mass is 10.1. The quantitative estimate of drug-likeness (QED) is 0.598. The number of nitro groups is 1. The maximum Gasteiger partial charge on any atom is 0.273 e. The largest absolute Gasteiger partial charge is 0.395 e. The van der Waals surface area contributed by atoms with Crippen LogP contribution in [-0.2, 0) is 6.54 Å². The first-order valence-electron chi connectivity index (χ1n) is 5.79. The molecule has 0 fully saturated rings. The summed E-state index contributed by atoms with van der Waals surface area (Å²) in [5, 5.41) is 23.8. The number of hydrogen-bond donors (Lipinski definition) is 2. The van der Waals surface area contributed by atoms with Crippen molar-refractivity contribution in [1.29, 1.82) is 0 Å². The third kappa shape index (κ3) is 4.65.